The number of hydrogen-bond donors (Lipinski definition) is 1. The highest BCUT2D eigenvalue weighted by molar-refractivity contribution is 7.84. The Bertz CT molecular complexity index is 1310. The molecule has 0 saturated carbocycles. The molecule has 37 heavy (non-hydrogen) atoms. The zero-order valence-electron chi connectivity index (χ0n) is 21.7. The number of benzene rings is 1. The minimum atomic E-state index is -1.32. The van der Waals surface area contributed by atoms with E-state index in [1.165, 1.54) is 0 Å². The Morgan fingerprint density at radius 3 is 2.73 bits per heavy atom. The predicted molar refractivity (Wildman–Crippen MR) is 147 cm³/mol. The molecule has 4 rings (SSSR count). The Labute approximate surface area is 225 Å². The molecule has 1 N–H and O–H groups in total. The van der Waals surface area contributed by atoms with Crippen LogP contribution in [0.15, 0.2) is 49.6 Å². The molecule has 3 aromatic rings. The summed E-state index contributed by atoms with van der Waals surface area (Å²) >= 11 is 6.55. The molecule has 2 aromatic heterocycles. The van der Waals surface area contributed by atoms with E-state index in [1.807, 2.05) is 44.7 Å². The molecule has 0 radical (unpaired) electrons. The number of nitrogens with zero attached hydrogens (tertiary/aromatic N) is 4. The van der Waals surface area contributed by atoms with Gasteiger partial charge in [0, 0.05) is 48.5 Å². The maximum absolute atomic E-state index is 13.2. The fourth-order valence-electron chi connectivity index (χ4n) is 4.44. The van der Waals surface area contributed by atoms with Crippen molar-refractivity contribution in [2.75, 3.05) is 19.7 Å². The van der Waals surface area contributed by atoms with Crippen LogP contribution in [0.25, 0.3) is 5.78 Å². The molecule has 0 bridgehead atoms. The van der Waals surface area contributed by atoms with Crippen LogP contribution < -0.4 is 9.46 Å². The Morgan fingerprint density at radius 1 is 1.32 bits per heavy atom. The fraction of sp³-hybridized carbons (Fsp3) is 0.444. The standard InChI is InChI=1S/C27H34ClN5O3S/c1-6-13-36-23-14-18(2)22(28)15-21(23)24(31-37(35)27(3,4)5)19-7-10-32(11-8-19)25(34)20-16-30-26-29-9-12-33(26)17-20/h6,9,12,14-17,19,24,31H,1,7-8,10-11,13H2,2-5H3/t24-,37+/m1/s1. The lowest BCUT2D eigenvalue weighted by atomic mass is 9.85. The lowest BCUT2D eigenvalue weighted by molar-refractivity contribution is 0.0673. The lowest BCUT2D eigenvalue weighted by Gasteiger charge is -2.38. The van der Waals surface area contributed by atoms with Crippen LogP contribution in [0.5, 0.6) is 5.75 Å². The van der Waals surface area contributed by atoms with Crippen molar-refractivity contribution in [3.05, 3.63) is 71.3 Å². The summed E-state index contributed by atoms with van der Waals surface area (Å²) < 4.78 is 23.9. The van der Waals surface area contributed by atoms with Gasteiger partial charge in [0.15, 0.2) is 0 Å². The summed E-state index contributed by atoms with van der Waals surface area (Å²) in [5, 5.41) is 0.629. The SMILES string of the molecule is C=CCOc1cc(C)c(Cl)cc1[C@H](N[S@@](=O)C(C)(C)C)C1CCN(C(=O)c2cnc3nccn3c2)CC1. The van der Waals surface area contributed by atoms with E-state index >= 15 is 0 Å². The summed E-state index contributed by atoms with van der Waals surface area (Å²) in [4.78, 5) is 23.5. The molecule has 0 aliphatic carbocycles. The number of halogens is 1. The minimum absolute atomic E-state index is 0.0577. The summed E-state index contributed by atoms with van der Waals surface area (Å²) in [6, 6.07) is 3.57. The Morgan fingerprint density at radius 2 is 2.05 bits per heavy atom. The number of hydrogen-bond acceptors (Lipinski definition) is 5. The van der Waals surface area contributed by atoms with Gasteiger partial charge < -0.3 is 9.64 Å². The molecule has 1 amide bonds. The Hall–Kier alpha value is -2.75. The van der Waals surface area contributed by atoms with Crippen LogP contribution in [-0.4, -0.2) is 53.8 Å². The summed E-state index contributed by atoms with van der Waals surface area (Å²) in [6.07, 6.45) is 9.93. The molecule has 2 atom stereocenters. The zero-order valence-corrected chi connectivity index (χ0v) is 23.3. The number of amides is 1. The smallest absolute Gasteiger partial charge is 0.256 e. The quantitative estimate of drug-likeness (QED) is 0.408. The van der Waals surface area contributed by atoms with Crippen LogP contribution in [0.3, 0.4) is 0 Å². The van der Waals surface area contributed by atoms with Crippen molar-refractivity contribution in [1.82, 2.24) is 24.0 Å². The maximum Gasteiger partial charge on any atom is 0.256 e. The second-order valence-corrected chi connectivity index (χ2v) is 12.7. The van der Waals surface area contributed by atoms with Crippen molar-refractivity contribution in [3.63, 3.8) is 0 Å². The molecule has 1 aromatic carbocycles. The molecule has 10 heteroatoms. The van der Waals surface area contributed by atoms with Gasteiger partial charge >= 0.3 is 0 Å². The fourth-order valence-corrected chi connectivity index (χ4v) is 5.51. The van der Waals surface area contributed by atoms with Gasteiger partial charge in [-0.2, -0.15) is 0 Å². The number of imidazole rings is 1. The topological polar surface area (TPSA) is 88.8 Å². The van der Waals surface area contributed by atoms with Gasteiger partial charge in [0.2, 0.25) is 5.78 Å². The third-order valence-corrected chi connectivity index (χ3v) is 8.55. The van der Waals surface area contributed by atoms with E-state index in [-0.39, 0.29) is 17.9 Å². The third kappa shape index (κ3) is 6.22. The molecule has 3 heterocycles. The van der Waals surface area contributed by atoms with Crippen molar-refractivity contribution in [1.29, 1.82) is 0 Å². The van der Waals surface area contributed by atoms with Crippen LogP contribution in [0.4, 0.5) is 0 Å². The van der Waals surface area contributed by atoms with E-state index in [0.29, 0.717) is 41.8 Å². The van der Waals surface area contributed by atoms with E-state index in [4.69, 9.17) is 16.3 Å². The van der Waals surface area contributed by atoms with Gasteiger partial charge in [0.1, 0.15) is 12.4 Å². The Kier molecular flexibility index (Phi) is 8.36. The first-order chi connectivity index (χ1) is 17.6. The number of ether oxygens (including phenoxy) is 1. The van der Waals surface area contributed by atoms with E-state index in [9.17, 15) is 9.00 Å². The van der Waals surface area contributed by atoms with Crippen LogP contribution in [0, 0.1) is 12.8 Å². The molecule has 1 aliphatic rings. The summed E-state index contributed by atoms with van der Waals surface area (Å²) in [5.74, 6) is 1.32. The maximum atomic E-state index is 13.2. The molecular weight excluding hydrogens is 510 g/mol. The number of piperidine rings is 1. The van der Waals surface area contributed by atoms with Crippen molar-refractivity contribution in [3.8, 4) is 5.75 Å². The van der Waals surface area contributed by atoms with E-state index in [1.54, 1.807) is 35.3 Å². The second kappa shape index (κ2) is 11.3. The van der Waals surface area contributed by atoms with E-state index in [0.717, 1.165) is 24.0 Å². The van der Waals surface area contributed by atoms with Crippen molar-refractivity contribution < 1.29 is 13.7 Å². The first-order valence-corrected chi connectivity index (χ1v) is 13.9. The van der Waals surface area contributed by atoms with Gasteiger partial charge in [0.25, 0.3) is 5.91 Å². The van der Waals surface area contributed by atoms with Crippen molar-refractivity contribution in [2.45, 2.75) is 51.3 Å². The average molecular weight is 544 g/mol. The molecular formula is C27H34ClN5O3S. The largest absolute Gasteiger partial charge is 0.489 e. The lowest BCUT2D eigenvalue weighted by Crippen LogP contribution is -2.44. The van der Waals surface area contributed by atoms with Crippen LogP contribution >= 0.6 is 11.6 Å². The van der Waals surface area contributed by atoms with E-state index in [2.05, 4.69) is 21.3 Å². The van der Waals surface area contributed by atoms with Crippen molar-refractivity contribution >= 4 is 34.3 Å². The van der Waals surface area contributed by atoms with Gasteiger partial charge in [-0.15, -0.1) is 0 Å². The van der Waals surface area contributed by atoms with Crippen molar-refractivity contribution in [2.24, 2.45) is 5.92 Å². The van der Waals surface area contributed by atoms with Crippen LogP contribution in [-0.2, 0) is 11.0 Å². The Balaban J connectivity index is 1.58. The summed E-state index contributed by atoms with van der Waals surface area (Å²) in [5.41, 5.74) is 2.30. The molecule has 198 valence electrons. The number of aromatic nitrogens is 3. The molecule has 1 saturated heterocycles. The minimum Gasteiger partial charge on any atom is -0.489 e. The van der Waals surface area contributed by atoms with Gasteiger partial charge in [-0.25, -0.2) is 18.9 Å². The van der Waals surface area contributed by atoms with Gasteiger partial charge in [0.05, 0.1) is 27.3 Å². The van der Waals surface area contributed by atoms with Gasteiger partial charge in [-0.1, -0.05) is 24.3 Å². The monoisotopic (exact) mass is 543 g/mol. The predicted octanol–water partition coefficient (Wildman–Crippen LogP) is 4.90. The number of carbonyl (C=O) groups excluding carboxylic acids is 1. The highest BCUT2D eigenvalue weighted by atomic mass is 35.5. The van der Waals surface area contributed by atoms with E-state index < -0.39 is 15.7 Å². The number of carbonyl (C=O) groups is 1. The highest BCUT2D eigenvalue weighted by Gasteiger charge is 2.34. The molecule has 1 aliphatic heterocycles. The molecule has 0 unspecified atom stereocenters. The number of aryl methyl sites for hydroxylation is 1. The highest BCUT2D eigenvalue weighted by Crippen LogP contribution is 2.39. The number of fused-ring (bicyclic) bond motifs is 1. The first kappa shape index (κ1) is 27.3. The normalized spacial score (nSPS) is 16.5. The van der Waals surface area contributed by atoms with Gasteiger partial charge in [-0.05, 0) is 64.2 Å². The first-order valence-electron chi connectivity index (χ1n) is 12.4. The number of nitrogens with one attached hydrogen (secondary N) is 1. The van der Waals surface area contributed by atoms with Gasteiger partial charge in [-0.3, -0.25) is 9.20 Å². The molecule has 1 fully saturated rings. The number of likely N-dealkylation sites (tertiary alicyclic amines) is 1. The summed E-state index contributed by atoms with van der Waals surface area (Å²) in [6.45, 7) is 13.0. The van der Waals surface area contributed by atoms with Crippen LogP contribution in [0.2, 0.25) is 5.02 Å². The zero-order chi connectivity index (χ0) is 26.7. The molecule has 8 nitrogen and oxygen atoms in total. The summed E-state index contributed by atoms with van der Waals surface area (Å²) in [7, 11) is -1.32. The average Bonchev–Trinajstić information content (AvgIpc) is 3.35. The second-order valence-electron chi connectivity index (χ2n) is 10.3. The number of rotatable bonds is 8. The molecule has 0 spiro atoms. The third-order valence-electron chi connectivity index (χ3n) is 6.56. The van der Waals surface area contributed by atoms with Crippen LogP contribution in [0.1, 0.15) is 61.1 Å².